The molecule has 0 radical (unpaired) electrons. The van der Waals surface area contributed by atoms with Crippen LogP contribution in [0, 0.1) is 34.5 Å². The number of hydrogen-bond donors (Lipinski definition) is 5. The molecule has 7 atom stereocenters. The monoisotopic (exact) mass is 511 g/mol. The number of hydrogen-bond acceptors (Lipinski definition) is 7. The van der Waals surface area contributed by atoms with Gasteiger partial charge in [-0.05, 0) is 64.0 Å². The number of nitrogens with one attached hydrogen (secondary N) is 5. The maximum absolute atomic E-state index is 13.2. The molecule has 7 unspecified atom stereocenters. The molecule has 0 amide bonds. The standard InChI is InChI=1S/C24H40F3N9/c1-34-13-19(24(25,26)27)32-21(34)15-7-5-14(6-8-15)12-36-22-18(35(2)23(36)29)11-31-20(33-22)16-4-3-9-30-17(16)10-28/h14-22,29-33H,3-9,11-13H2,1-2H3. The van der Waals surface area contributed by atoms with E-state index in [2.05, 4.69) is 32.2 Å². The van der Waals surface area contributed by atoms with Gasteiger partial charge in [0.2, 0.25) is 0 Å². The van der Waals surface area contributed by atoms with Crippen LogP contribution in [0.5, 0.6) is 0 Å². The summed E-state index contributed by atoms with van der Waals surface area (Å²) in [5.74, 6) is 1.33. The Bertz CT molecular complexity index is 840. The zero-order chi connectivity index (χ0) is 25.6. The van der Waals surface area contributed by atoms with E-state index in [0.29, 0.717) is 11.9 Å². The van der Waals surface area contributed by atoms with Crippen LogP contribution in [0.2, 0.25) is 0 Å². The smallest absolute Gasteiger partial charge is 0.338 e. The SMILES string of the molecule is CN1CC(C(F)(F)F)NC1C1CCC(CN2C(=N)N(C)C3CNC(C4CCCNC4C#N)NC32)CC1. The third-order valence-corrected chi connectivity index (χ3v) is 9.28. The van der Waals surface area contributed by atoms with Gasteiger partial charge < -0.3 is 15.1 Å². The molecule has 5 N–H and O–H groups in total. The van der Waals surface area contributed by atoms with Gasteiger partial charge in [-0.2, -0.15) is 18.4 Å². The molecule has 202 valence electrons. The summed E-state index contributed by atoms with van der Waals surface area (Å²) in [5.41, 5.74) is 0. The summed E-state index contributed by atoms with van der Waals surface area (Å²) in [6.45, 7) is 2.43. The normalized spacial score (nSPS) is 42.4. The highest BCUT2D eigenvalue weighted by Crippen LogP contribution is 2.37. The second kappa shape index (κ2) is 10.3. The Hall–Kier alpha value is -1.65. The third kappa shape index (κ3) is 4.92. The first kappa shape index (κ1) is 26.0. The van der Waals surface area contributed by atoms with E-state index in [1.165, 1.54) is 0 Å². The summed E-state index contributed by atoms with van der Waals surface area (Å²) in [7, 11) is 3.76. The minimum absolute atomic E-state index is 0.0124. The second-order valence-corrected chi connectivity index (χ2v) is 11.4. The van der Waals surface area contributed by atoms with Crippen molar-refractivity contribution in [3.8, 4) is 6.07 Å². The van der Waals surface area contributed by atoms with Crippen molar-refractivity contribution in [2.75, 3.05) is 40.3 Å². The van der Waals surface area contributed by atoms with Crippen LogP contribution in [0.15, 0.2) is 0 Å². The molecule has 12 heteroatoms. The number of guanidine groups is 1. The molecule has 36 heavy (non-hydrogen) atoms. The van der Waals surface area contributed by atoms with E-state index in [4.69, 9.17) is 5.41 Å². The summed E-state index contributed by atoms with van der Waals surface area (Å²) in [6.07, 6.45) is 1.37. The number of rotatable bonds is 4. The average molecular weight is 512 g/mol. The van der Waals surface area contributed by atoms with Crippen LogP contribution >= 0.6 is 0 Å². The predicted molar refractivity (Wildman–Crippen MR) is 130 cm³/mol. The van der Waals surface area contributed by atoms with Crippen LogP contribution in [0.4, 0.5) is 13.2 Å². The first-order chi connectivity index (χ1) is 17.2. The minimum atomic E-state index is -4.21. The first-order valence-corrected chi connectivity index (χ1v) is 13.4. The Morgan fingerprint density at radius 3 is 2.47 bits per heavy atom. The van der Waals surface area contributed by atoms with E-state index in [0.717, 1.165) is 58.2 Å². The molecule has 0 bridgehead atoms. The van der Waals surface area contributed by atoms with Crippen LogP contribution in [-0.2, 0) is 0 Å². The van der Waals surface area contributed by atoms with Crippen molar-refractivity contribution >= 4 is 5.96 Å². The van der Waals surface area contributed by atoms with Crippen LogP contribution < -0.4 is 21.3 Å². The second-order valence-electron chi connectivity index (χ2n) is 11.4. The molecule has 4 heterocycles. The van der Waals surface area contributed by atoms with Crippen molar-refractivity contribution in [1.82, 2.24) is 36.0 Å². The molecular formula is C24H40F3N9. The van der Waals surface area contributed by atoms with E-state index in [-0.39, 0.29) is 49.0 Å². The van der Waals surface area contributed by atoms with E-state index in [1.807, 2.05) is 16.8 Å². The van der Waals surface area contributed by atoms with Crippen molar-refractivity contribution in [3.63, 3.8) is 0 Å². The van der Waals surface area contributed by atoms with Crippen molar-refractivity contribution in [3.05, 3.63) is 0 Å². The maximum atomic E-state index is 13.2. The average Bonchev–Trinajstić information content (AvgIpc) is 3.38. The molecule has 0 aromatic rings. The van der Waals surface area contributed by atoms with Crippen molar-refractivity contribution in [2.45, 2.75) is 81.3 Å². The van der Waals surface area contributed by atoms with Gasteiger partial charge in [0.25, 0.3) is 0 Å². The summed E-state index contributed by atoms with van der Waals surface area (Å²) in [4.78, 5) is 6.04. The number of nitrogens with zero attached hydrogens (tertiary/aromatic N) is 4. The lowest BCUT2D eigenvalue weighted by atomic mass is 9.80. The number of halogens is 3. The highest BCUT2D eigenvalue weighted by molar-refractivity contribution is 5.80. The van der Waals surface area contributed by atoms with E-state index >= 15 is 0 Å². The summed E-state index contributed by atoms with van der Waals surface area (Å²) >= 11 is 0. The molecule has 0 spiro atoms. The number of fused-ring (bicyclic) bond motifs is 1. The van der Waals surface area contributed by atoms with E-state index in [9.17, 15) is 18.4 Å². The van der Waals surface area contributed by atoms with Crippen LogP contribution in [0.25, 0.3) is 0 Å². The van der Waals surface area contributed by atoms with Gasteiger partial charge in [-0.1, -0.05) is 0 Å². The zero-order valence-electron chi connectivity index (χ0n) is 21.2. The molecule has 9 nitrogen and oxygen atoms in total. The van der Waals surface area contributed by atoms with Gasteiger partial charge in [0.15, 0.2) is 5.96 Å². The lowest BCUT2D eigenvalue weighted by Crippen LogP contribution is -2.68. The van der Waals surface area contributed by atoms with Crippen molar-refractivity contribution < 1.29 is 13.2 Å². The Morgan fingerprint density at radius 2 is 1.81 bits per heavy atom. The van der Waals surface area contributed by atoms with Crippen molar-refractivity contribution in [1.29, 1.82) is 10.7 Å². The van der Waals surface area contributed by atoms with Crippen LogP contribution in [0.1, 0.15) is 38.5 Å². The van der Waals surface area contributed by atoms with Gasteiger partial charge in [-0.25, -0.2) is 0 Å². The number of piperidine rings is 1. The fourth-order valence-corrected chi connectivity index (χ4v) is 7.19. The zero-order valence-corrected chi connectivity index (χ0v) is 21.2. The molecule has 5 aliphatic rings. The van der Waals surface area contributed by atoms with Gasteiger partial charge in [-0.3, -0.25) is 26.3 Å². The Labute approximate surface area is 211 Å². The number of nitriles is 1. The molecule has 5 rings (SSSR count). The fourth-order valence-electron chi connectivity index (χ4n) is 7.19. The van der Waals surface area contributed by atoms with Gasteiger partial charge in [0.05, 0.1) is 24.4 Å². The number of likely N-dealkylation sites (N-methyl/N-ethyl adjacent to an activating group) is 2. The molecule has 0 aromatic heterocycles. The Kier molecular flexibility index (Phi) is 7.40. The molecule has 5 fully saturated rings. The van der Waals surface area contributed by atoms with Crippen LogP contribution in [0.3, 0.4) is 0 Å². The van der Waals surface area contributed by atoms with Gasteiger partial charge >= 0.3 is 6.18 Å². The quantitative estimate of drug-likeness (QED) is 0.379. The van der Waals surface area contributed by atoms with Gasteiger partial charge in [-0.15, -0.1) is 0 Å². The van der Waals surface area contributed by atoms with Crippen molar-refractivity contribution in [2.24, 2.45) is 17.8 Å². The molecule has 1 aliphatic carbocycles. The topological polar surface area (TPSA) is 105 Å². The van der Waals surface area contributed by atoms with E-state index in [1.54, 1.807) is 7.05 Å². The van der Waals surface area contributed by atoms with E-state index < -0.39 is 12.2 Å². The molecule has 1 saturated carbocycles. The molecule has 0 aromatic carbocycles. The highest BCUT2D eigenvalue weighted by atomic mass is 19.4. The summed E-state index contributed by atoms with van der Waals surface area (Å²) in [5, 5.41) is 31.9. The van der Waals surface area contributed by atoms with Gasteiger partial charge in [0, 0.05) is 32.6 Å². The van der Waals surface area contributed by atoms with Gasteiger partial charge in [0.1, 0.15) is 18.2 Å². The lowest BCUT2D eigenvalue weighted by molar-refractivity contribution is -0.150. The largest absolute Gasteiger partial charge is 0.405 e. The third-order valence-electron chi connectivity index (χ3n) is 9.28. The minimum Gasteiger partial charge on any atom is -0.338 e. The molecular weight excluding hydrogens is 471 g/mol. The highest BCUT2D eigenvalue weighted by Gasteiger charge is 2.50. The fraction of sp³-hybridized carbons (Fsp3) is 0.917. The van der Waals surface area contributed by atoms with Crippen LogP contribution in [-0.4, -0.2) is 104 Å². The summed E-state index contributed by atoms with van der Waals surface area (Å²) < 4.78 is 39.6. The Morgan fingerprint density at radius 1 is 1.06 bits per heavy atom. The summed E-state index contributed by atoms with van der Waals surface area (Å²) in [6, 6.07) is 0.947. The number of alkyl halides is 3. The lowest BCUT2D eigenvalue weighted by Gasteiger charge is -2.44. The predicted octanol–water partition coefficient (Wildman–Crippen LogP) is 0.872. The maximum Gasteiger partial charge on any atom is 0.405 e. The first-order valence-electron chi connectivity index (χ1n) is 13.4. The molecule has 4 saturated heterocycles. The Balaban J connectivity index is 1.18. The molecule has 4 aliphatic heterocycles.